The number of carbonyl (C=O) groups excluding carboxylic acids is 1. The number of amides is 1. The molecule has 1 amide bonds. The van der Waals surface area contributed by atoms with E-state index in [0.717, 1.165) is 27.9 Å². The lowest BCUT2D eigenvalue weighted by Crippen LogP contribution is -2.36. The second-order valence-corrected chi connectivity index (χ2v) is 7.56. The number of aliphatic hydroxyl groups is 2. The number of benzene rings is 1. The molecule has 176 valence electrons. The molecular weight excluding hydrogens is 428 g/mol. The minimum absolute atomic E-state index is 0.0113. The molecule has 3 rings (SSSR count). The van der Waals surface area contributed by atoms with E-state index in [1.54, 1.807) is 6.07 Å². The van der Waals surface area contributed by atoms with Gasteiger partial charge in [0.25, 0.3) is 5.89 Å². The van der Waals surface area contributed by atoms with Crippen LogP contribution in [0.4, 0.5) is 0 Å². The number of carbonyl (C=O) groups is 1. The summed E-state index contributed by atoms with van der Waals surface area (Å²) in [5.41, 5.74) is 3.93. The van der Waals surface area contributed by atoms with E-state index in [1.807, 2.05) is 45.9 Å². The van der Waals surface area contributed by atoms with Crippen LogP contribution in [0, 0.1) is 20.8 Å². The van der Waals surface area contributed by atoms with Crippen molar-refractivity contribution in [2.24, 2.45) is 0 Å². The Kier molecular flexibility index (Phi) is 7.96. The van der Waals surface area contributed by atoms with Gasteiger partial charge in [-0.3, -0.25) is 4.79 Å². The lowest BCUT2D eigenvalue weighted by atomic mass is 10.1. The Morgan fingerprint density at radius 2 is 1.82 bits per heavy atom. The fourth-order valence-corrected chi connectivity index (χ4v) is 3.27. The Labute approximate surface area is 191 Å². The summed E-state index contributed by atoms with van der Waals surface area (Å²) in [7, 11) is 0. The first-order chi connectivity index (χ1) is 15.8. The van der Waals surface area contributed by atoms with E-state index in [0.29, 0.717) is 30.0 Å². The molecule has 0 bridgehead atoms. The Morgan fingerprint density at radius 1 is 1.09 bits per heavy atom. The normalized spacial score (nSPS) is 11.8. The van der Waals surface area contributed by atoms with E-state index in [4.69, 9.17) is 19.1 Å². The molecule has 2 aromatic heterocycles. The smallest absolute Gasteiger partial charge is 0.258 e. The average molecular weight is 456 g/mol. The number of rotatable bonds is 10. The highest BCUT2D eigenvalue weighted by molar-refractivity contribution is 5.76. The van der Waals surface area contributed by atoms with Gasteiger partial charge in [-0.25, -0.2) is 4.98 Å². The van der Waals surface area contributed by atoms with E-state index < -0.39 is 18.6 Å². The third kappa shape index (κ3) is 6.27. The molecule has 3 N–H and O–H groups in total. The van der Waals surface area contributed by atoms with E-state index in [1.165, 1.54) is 0 Å². The highest BCUT2D eigenvalue weighted by atomic mass is 16.5. The topological polar surface area (TPSA) is 140 Å². The third-order valence-electron chi connectivity index (χ3n) is 4.71. The van der Waals surface area contributed by atoms with Crippen LogP contribution < -0.4 is 14.8 Å². The van der Waals surface area contributed by atoms with Gasteiger partial charge in [0, 0.05) is 29.4 Å². The fraction of sp³-hybridized carbons (Fsp3) is 0.391. The Morgan fingerprint density at radius 3 is 2.48 bits per heavy atom. The van der Waals surface area contributed by atoms with E-state index in [2.05, 4.69) is 20.4 Å². The van der Waals surface area contributed by atoms with Crippen LogP contribution in [0.1, 0.15) is 23.7 Å². The summed E-state index contributed by atoms with van der Waals surface area (Å²) >= 11 is 0. The van der Waals surface area contributed by atoms with Crippen LogP contribution in [0.5, 0.6) is 11.6 Å². The van der Waals surface area contributed by atoms with Crippen molar-refractivity contribution in [3.05, 3.63) is 41.1 Å². The molecule has 2 heterocycles. The van der Waals surface area contributed by atoms with Crippen LogP contribution in [0.25, 0.3) is 22.8 Å². The lowest BCUT2D eigenvalue weighted by Gasteiger charge is -2.16. The minimum atomic E-state index is -0.913. The number of nitrogens with one attached hydrogen (secondary N) is 1. The Bertz CT molecular complexity index is 1090. The molecule has 10 heteroatoms. The second-order valence-electron chi connectivity index (χ2n) is 7.56. The Hall–Kier alpha value is -3.50. The van der Waals surface area contributed by atoms with Crippen molar-refractivity contribution in [1.29, 1.82) is 0 Å². The molecule has 0 spiro atoms. The molecule has 1 aromatic carbocycles. The number of hydrogen-bond acceptors (Lipinski definition) is 9. The molecule has 0 aliphatic rings. The van der Waals surface area contributed by atoms with Crippen molar-refractivity contribution in [2.45, 2.75) is 33.8 Å². The van der Waals surface area contributed by atoms with E-state index in [9.17, 15) is 9.90 Å². The number of pyridine rings is 1. The molecule has 0 aliphatic carbocycles. The molecule has 1 atom stereocenters. The van der Waals surface area contributed by atoms with Gasteiger partial charge in [-0.2, -0.15) is 4.98 Å². The van der Waals surface area contributed by atoms with Gasteiger partial charge in [-0.15, -0.1) is 0 Å². The van der Waals surface area contributed by atoms with E-state index in [-0.39, 0.29) is 13.2 Å². The van der Waals surface area contributed by atoms with Crippen LogP contribution in [0.2, 0.25) is 0 Å². The standard InChI is InChI=1S/C23H28N4O6/c1-5-31-20-9-17(8-15(4)25-20)23-26-22(27-33-23)16-6-13(2)21(14(3)7-16)32-12-18(29)10-24-19(30)11-28/h6-9,18,28-29H,5,10-12H2,1-4H3,(H,24,30). The average Bonchev–Trinajstić information content (AvgIpc) is 3.27. The van der Waals surface area contributed by atoms with Crippen molar-refractivity contribution in [3.8, 4) is 34.5 Å². The first kappa shape index (κ1) is 24.1. The SMILES string of the molecule is CCOc1cc(-c2nc(-c3cc(C)c(OCC(O)CNC(=O)CO)c(C)c3)no2)cc(C)n1. The summed E-state index contributed by atoms with van der Waals surface area (Å²) in [5.74, 6) is 1.36. The van der Waals surface area contributed by atoms with Crippen LogP contribution >= 0.6 is 0 Å². The molecule has 0 saturated heterocycles. The van der Waals surface area contributed by atoms with Gasteiger partial charge >= 0.3 is 0 Å². The Balaban J connectivity index is 1.74. The van der Waals surface area contributed by atoms with Crippen molar-refractivity contribution >= 4 is 5.91 Å². The van der Waals surface area contributed by atoms with Gasteiger partial charge in [0.1, 0.15) is 25.1 Å². The quantitative estimate of drug-likeness (QED) is 0.418. The number of ether oxygens (including phenoxy) is 2. The molecule has 0 aliphatic heterocycles. The summed E-state index contributed by atoms with van der Waals surface area (Å²) in [4.78, 5) is 19.9. The van der Waals surface area contributed by atoms with Crippen molar-refractivity contribution in [1.82, 2.24) is 20.4 Å². The van der Waals surface area contributed by atoms with Gasteiger partial charge in [-0.05, 0) is 57.0 Å². The maximum Gasteiger partial charge on any atom is 0.258 e. The van der Waals surface area contributed by atoms with Gasteiger partial charge < -0.3 is 29.5 Å². The zero-order valence-electron chi connectivity index (χ0n) is 19.1. The monoisotopic (exact) mass is 456 g/mol. The predicted molar refractivity (Wildman–Crippen MR) is 120 cm³/mol. The number of aliphatic hydroxyl groups excluding tert-OH is 2. The van der Waals surface area contributed by atoms with Crippen molar-refractivity contribution in [2.75, 3.05) is 26.4 Å². The minimum Gasteiger partial charge on any atom is -0.490 e. The van der Waals surface area contributed by atoms with Gasteiger partial charge in [0.05, 0.1) is 6.61 Å². The zero-order chi connectivity index (χ0) is 24.0. The van der Waals surface area contributed by atoms with Crippen LogP contribution in [0.15, 0.2) is 28.8 Å². The third-order valence-corrected chi connectivity index (χ3v) is 4.71. The predicted octanol–water partition coefficient (Wildman–Crippen LogP) is 1.97. The maximum atomic E-state index is 11.1. The molecule has 0 radical (unpaired) electrons. The van der Waals surface area contributed by atoms with E-state index >= 15 is 0 Å². The summed E-state index contributed by atoms with van der Waals surface area (Å²) < 4.78 is 16.7. The largest absolute Gasteiger partial charge is 0.490 e. The molecule has 33 heavy (non-hydrogen) atoms. The molecular formula is C23H28N4O6. The summed E-state index contributed by atoms with van der Waals surface area (Å²) in [6.45, 7) is 7.38. The zero-order valence-corrected chi connectivity index (χ0v) is 19.1. The van der Waals surface area contributed by atoms with Crippen LogP contribution in [-0.4, -0.2) is 63.7 Å². The van der Waals surface area contributed by atoms with Gasteiger partial charge in [-0.1, -0.05) is 5.16 Å². The molecule has 0 fully saturated rings. The fourth-order valence-electron chi connectivity index (χ4n) is 3.27. The number of hydrogen-bond donors (Lipinski definition) is 3. The molecule has 10 nitrogen and oxygen atoms in total. The van der Waals surface area contributed by atoms with Crippen molar-refractivity contribution < 1.29 is 29.0 Å². The highest BCUT2D eigenvalue weighted by Gasteiger charge is 2.16. The molecule has 0 saturated carbocycles. The summed E-state index contributed by atoms with van der Waals surface area (Å²) in [6, 6.07) is 7.36. The highest BCUT2D eigenvalue weighted by Crippen LogP contribution is 2.31. The summed E-state index contributed by atoms with van der Waals surface area (Å²) in [6.07, 6.45) is -0.913. The van der Waals surface area contributed by atoms with Gasteiger partial charge in [0.2, 0.25) is 17.6 Å². The first-order valence-corrected chi connectivity index (χ1v) is 10.6. The van der Waals surface area contributed by atoms with Gasteiger partial charge in [0.15, 0.2) is 0 Å². The molecule has 1 unspecified atom stereocenters. The van der Waals surface area contributed by atoms with Crippen LogP contribution in [0.3, 0.4) is 0 Å². The molecule has 3 aromatic rings. The number of nitrogens with zero attached hydrogens (tertiary/aromatic N) is 3. The summed E-state index contributed by atoms with van der Waals surface area (Å²) in [5, 5.41) is 25.2. The number of aromatic nitrogens is 3. The second kappa shape index (κ2) is 10.9. The maximum absolute atomic E-state index is 11.1. The number of aryl methyl sites for hydroxylation is 3. The lowest BCUT2D eigenvalue weighted by molar-refractivity contribution is -0.124. The van der Waals surface area contributed by atoms with Crippen LogP contribution in [-0.2, 0) is 4.79 Å². The first-order valence-electron chi connectivity index (χ1n) is 10.6. The van der Waals surface area contributed by atoms with Crippen molar-refractivity contribution in [3.63, 3.8) is 0 Å².